The van der Waals surface area contributed by atoms with Crippen molar-refractivity contribution in [2.24, 2.45) is 0 Å². The molecule has 0 amide bonds. The lowest BCUT2D eigenvalue weighted by Crippen LogP contribution is -2.28. The highest BCUT2D eigenvalue weighted by Gasteiger charge is 2.30. The molecule has 2 heterocycles. The summed E-state index contributed by atoms with van der Waals surface area (Å²) in [5, 5.41) is 3.39. The van der Waals surface area contributed by atoms with Crippen molar-refractivity contribution in [1.29, 1.82) is 0 Å². The Bertz CT molecular complexity index is 738. The summed E-state index contributed by atoms with van der Waals surface area (Å²) in [6.45, 7) is 1.80. The Hall–Kier alpha value is -2.35. The van der Waals surface area contributed by atoms with Gasteiger partial charge in [0.1, 0.15) is 12.2 Å². The highest BCUT2D eigenvalue weighted by Crippen LogP contribution is 2.25. The zero-order chi connectivity index (χ0) is 17.9. The van der Waals surface area contributed by atoms with Crippen LogP contribution in [0, 0.1) is 0 Å². The van der Waals surface area contributed by atoms with Crippen molar-refractivity contribution >= 4 is 5.57 Å². The van der Waals surface area contributed by atoms with E-state index in [1.54, 1.807) is 7.11 Å². The molecule has 2 aromatic rings. The van der Waals surface area contributed by atoms with E-state index in [0.29, 0.717) is 13.1 Å². The number of benzene rings is 1. The smallest absolute Gasteiger partial charge is 0.396 e. The van der Waals surface area contributed by atoms with E-state index >= 15 is 0 Å². The zero-order valence-electron chi connectivity index (χ0n) is 13.7. The zero-order valence-corrected chi connectivity index (χ0v) is 13.7. The van der Waals surface area contributed by atoms with Crippen molar-refractivity contribution in [3.05, 3.63) is 47.6 Å². The van der Waals surface area contributed by atoms with Gasteiger partial charge in [-0.1, -0.05) is 23.4 Å². The number of ether oxygens (including phenoxy) is 1. The molecule has 0 radical (unpaired) electrons. The third kappa shape index (κ3) is 4.82. The van der Waals surface area contributed by atoms with E-state index in [2.05, 4.69) is 21.1 Å². The van der Waals surface area contributed by atoms with Crippen molar-refractivity contribution in [2.45, 2.75) is 25.6 Å². The van der Waals surface area contributed by atoms with Crippen LogP contribution in [0.25, 0.3) is 5.57 Å². The molecule has 0 bridgehead atoms. The van der Waals surface area contributed by atoms with Crippen molar-refractivity contribution in [3.8, 4) is 5.75 Å². The van der Waals surface area contributed by atoms with E-state index in [9.17, 15) is 13.2 Å². The van der Waals surface area contributed by atoms with Crippen LogP contribution < -0.4 is 4.74 Å². The first-order chi connectivity index (χ1) is 11.9. The van der Waals surface area contributed by atoms with Crippen LogP contribution in [0.1, 0.15) is 23.7 Å². The van der Waals surface area contributed by atoms with Crippen LogP contribution in [0.5, 0.6) is 5.75 Å². The third-order valence-corrected chi connectivity index (χ3v) is 3.98. The predicted octanol–water partition coefficient (Wildman–Crippen LogP) is 3.47. The Morgan fingerprint density at radius 2 is 2.00 bits per heavy atom. The summed E-state index contributed by atoms with van der Waals surface area (Å²) >= 11 is 0. The molecule has 0 fully saturated rings. The molecule has 0 atom stereocenters. The molecule has 0 N–H and O–H groups in total. The van der Waals surface area contributed by atoms with Crippen LogP contribution >= 0.6 is 0 Å². The van der Waals surface area contributed by atoms with Crippen LogP contribution in [-0.4, -0.2) is 41.4 Å². The quantitative estimate of drug-likeness (QED) is 0.824. The Morgan fingerprint density at radius 1 is 1.24 bits per heavy atom. The molecule has 0 aliphatic carbocycles. The Labute approximate surface area is 143 Å². The Balaban J connectivity index is 1.57. The maximum atomic E-state index is 12.3. The first-order valence-electron chi connectivity index (χ1n) is 7.87. The summed E-state index contributed by atoms with van der Waals surface area (Å²) in [4.78, 5) is 5.87. The number of methoxy groups -OCH3 is 1. The summed E-state index contributed by atoms with van der Waals surface area (Å²) < 4.78 is 47.0. The molecule has 0 saturated heterocycles. The van der Waals surface area contributed by atoms with Gasteiger partial charge < -0.3 is 9.26 Å². The largest absolute Gasteiger partial charge is 0.497 e. The van der Waals surface area contributed by atoms with Crippen molar-refractivity contribution in [2.75, 3.05) is 20.2 Å². The number of hydrogen-bond acceptors (Lipinski definition) is 5. The fourth-order valence-corrected chi connectivity index (χ4v) is 2.72. The minimum atomic E-state index is -4.33. The summed E-state index contributed by atoms with van der Waals surface area (Å²) in [5.41, 5.74) is 2.38. The lowest BCUT2D eigenvalue weighted by Gasteiger charge is -2.25. The molecule has 1 aliphatic rings. The summed E-state index contributed by atoms with van der Waals surface area (Å²) in [7, 11) is 1.63. The van der Waals surface area contributed by atoms with Crippen molar-refractivity contribution in [1.82, 2.24) is 15.0 Å². The SMILES string of the molecule is COc1ccc(C2=CCN(Cc3nc(CC(F)(F)F)no3)CC2)cc1. The maximum absolute atomic E-state index is 12.3. The van der Waals surface area contributed by atoms with Gasteiger partial charge in [-0.25, -0.2) is 0 Å². The fourth-order valence-electron chi connectivity index (χ4n) is 2.72. The van der Waals surface area contributed by atoms with E-state index in [1.165, 1.54) is 5.57 Å². The molecule has 1 aliphatic heterocycles. The monoisotopic (exact) mass is 353 g/mol. The molecule has 0 saturated carbocycles. The van der Waals surface area contributed by atoms with Crippen LogP contribution in [0.4, 0.5) is 13.2 Å². The second-order valence-corrected chi connectivity index (χ2v) is 5.84. The summed E-state index contributed by atoms with van der Waals surface area (Å²) in [6.07, 6.45) is -2.55. The first kappa shape index (κ1) is 17.5. The number of nitrogens with zero attached hydrogens (tertiary/aromatic N) is 3. The molecule has 3 rings (SSSR count). The fraction of sp³-hybridized carbons (Fsp3) is 0.412. The number of rotatable bonds is 5. The molecule has 8 heteroatoms. The molecule has 5 nitrogen and oxygen atoms in total. The van der Waals surface area contributed by atoms with Crippen LogP contribution in [-0.2, 0) is 13.0 Å². The average molecular weight is 353 g/mol. The van der Waals surface area contributed by atoms with Gasteiger partial charge in [0.25, 0.3) is 0 Å². The highest BCUT2D eigenvalue weighted by molar-refractivity contribution is 5.67. The Kier molecular flexibility index (Phi) is 5.08. The minimum absolute atomic E-state index is 0.209. The van der Waals surface area contributed by atoms with Gasteiger partial charge in [-0.15, -0.1) is 0 Å². The minimum Gasteiger partial charge on any atom is -0.497 e. The lowest BCUT2D eigenvalue weighted by molar-refractivity contribution is -0.128. The standard InChI is InChI=1S/C17H18F3N3O2/c1-24-14-4-2-12(3-5-14)13-6-8-23(9-7-13)11-16-21-15(22-25-16)10-17(18,19)20/h2-6H,7-11H2,1H3. The second-order valence-electron chi connectivity index (χ2n) is 5.84. The third-order valence-electron chi connectivity index (χ3n) is 3.98. The van der Waals surface area contributed by atoms with Gasteiger partial charge in [-0.3, -0.25) is 4.90 Å². The van der Waals surface area contributed by atoms with Crippen molar-refractivity contribution < 1.29 is 22.4 Å². The predicted molar refractivity (Wildman–Crippen MR) is 84.9 cm³/mol. The molecule has 0 unspecified atom stereocenters. The van der Waals surface area contributed by atoms with Gasteiger partial charge >= 0.3 is 6.18 Å². The van der Waals surface area contributed by atoms with E-state index in [1.807, 2.05) is 24.3 Å². The molecular weight excluding hydrogens is 335 g/mol. The molecule has 1 aromatic heterocycles. The van der Waals surface area contributed by atoms with Crippen LogP contribution in [0.3, 0.4) is 0 Å². The van der Waals surface area contributed by atoms with Gasteiger partial charge in [0.15, 0.2) is 5.82 Å². The maximum Gasteiger partial charge on any atom is 0.396 e. The van der Waals surface area contributed by atoms with Gasteiger partial charge in [0, 0.05) is 13.1 Å². The molecule has 134 valence electrons. The molecular formula is C17H18F3N3O2. The van der Waals surface area contributed by atoms with Gasteiger partial charge in [-0.05, 0) is 29.7 Å². The topological polar surface area (TPSA) is 51.4 Å². The highest BCUT2D eigenvalue weighted by atomic mass is 19.4. The van der Waals surface area contributed by atoms with Crippen molar-refractivity contribution in [3.63, 3.8) is 0 Å². The summed E-state index contributed by atoms with van der Waals surface area (Å²) in [6, 6.07) is 7.87. The first-order valence-corrected chi connectivity index (χ1v) is 7.87. The van der Waals surface area contributed by atoms with E-state index in [0.717, 1.165) is 24.3 Å². The number of aromatic nitrogens is 2. The molecule has 0 spiro atoms. The normalized spacial score (nSPS) is 15.9. The van der Waals surface area contributed by atoms with Gasteiger partial charge in [0.2, 0.25) is 5.89 Å². The van der Waals surface area contributed by atoms with Gasteiger partial charge in [-0.2, -0.15) is 18.2 Å². The number of hydrogen-bond donors (Lipinski definition) is 0. The number of alkyl halides is 3. The summed E-state index contributed by atoms with van der Waals surface area (Å²) in [5.74, 6) is 0.697. The van der Waals surface area contributed by atoms with Gasteiger partial charge in [0.05, 0.1) is 13.7 Å². The van der Waals surface area contributed by atoms with E-state index in [4.69, 9.17) is 9.26 Å². The van der Waals surface area contributed by atoms with E-state index in [-0.39, 0.29) is 11.7 Å². The molecule has 1 aromatic carbocycles. The Morgan fingerprint density at radius 3 is 2.60 bits per heavy atom. The molecule has 25 heavy (non-hydrogen) atoms. The number of halogens is 3. The van der Waals surface area contributed by atoms with Crippen LogP contribution in [0.2, 0.25) is 0 Å². The lowest BCUT2D eigenvalue weighted by atomic mass is 9.99. The average Bonchev–Trinajstić information content (AvgIpc) is 3.00. The van der Waals surface area contributed by atoms with E-state index < -0.39 is 12.6 Å². The second kappa shape index (κ2) is 7.26. The van der Waals surface area contributed by atoms with Crippen LogP contribution in [0.15, 0.2) is 34.9 Å².